The molecule has 0 aliphatic carbocycles. The Morgan fingerprint density at radius 3 is 2.67 bits per heavy atom. The molecule has 0 saturated heterocycles. The second-order valence-corrected chi connectivity index (χ2v) is 6.49. The van der Waals surface area contributed by atoms with E-state index in [1.807, 2.05) is 6.07 Å². The SMILES string of the molecule is COC(=O)CCCS(=O)(=O)NC(C)c1cccc(OC)c1. The van der Waals surface area contributed by atoms with Crippen LogP contribution in [0.15, 0.2) is 24.3 Å². The van der Waals surface area contributed by atoms with Crippen molar-refractivity contribution in [3.8, 4) is 5.75 Å². The minimum absolute atomic E-state index is 0.0882. The van der Waals surface area contributed by atoms with Crippen LogP contribution in [0.5, 0.6) is 5.75 Å². The molecule has 1 N–H and O–H groups in total. The van der Waals surface area contributed by atoms with E-state index in [2.05, 4.69) is 9.46 Å². The van der Waals surface area contributed by atoms with Crippen LogP contribution in [0.3, 0.4) is 0 Å². The topological polar surface area (TPSA) is 81.7 Å². The maximum absolute atomic E-state index is 11.9. The molecule has 0 spiro atoms. The van der Waals surface area contributed by atoms with Crippen molar-refractivity contribution in [1.82, 2.24) is 4.72 Å². The molecule has 6 nitrogen and oxygen atoms in total. The van der Waals surface area contributed by atoms with Crippen molar-refractivity contribution in [2.45, 2.75) is 25.8 Å². The van der Waals surface area contributed by atoms with Gasteiger partial charge >= 0.3 is 5.97 Å². The molecule has 0 amide bonds. The number of hydrogen-bond acceptors (Lipinski definition) is 5. The van der Waals surface area contributed by atoms with Gasteiger partial charge in [0.25, 0.3) is 0 Å². The number of carbonyl (C=O) groups is 1. The lowest BCUT2D eigenvalue weighted by molar-refractivity contribution is -0.140. The molecule has 0 bridgehead atoms. The third-order valence-corrected chi connectivity index (χ3v) is 4.51. The summed E-state index contributed by atoms with van der Waals surface area (Å²) in [5, 5.41) is 0. The third-order valence-electron chi connectivity index (χ3n) is 2.97. The van der Waals surface area contributed by atoms with Gasteiger partial charge in [-0.05, 0) is 31.0 Å². The molecular weight excluding hydrogens is 294 g/mol. The Hall–Kier alpha value is -1.60. The highest BCUT2D eigenvalue weighted by atomic mass is 32.2. The summed E-state index contributed by atoms with van der Waals surface area (Å²) in [6, 6.07) is 6.83. The van der Waals surface area contributed by atoms with Crippen LogP contribution in [0.25, 0.3) is 0 Å². The molecule has 0 aliphatic rings. The highest BCUT2D eigenvalue weighted by Gasteiger charge is 2.16. The fraction of sp³-hybridized carbons (Fsp3) is 0.500. The molecule has 0 aliphatic heterocycles. The number of carbonyl (C=O) groups excluding carboxylic acids is 1. The Balaban J connectivity index is 2.59. The Bertz CT molecular complexity index is 570. The van der Waals surface area contributed by atoms with Gasteiger partial charge < -0.3 is 9.47 Å². The minimum Gasteiger partial charge on any atom is -0.497 e. The fourth-order valence-corrected chi connectivity index (χ4v) is 3.13. The van der Waals surface area contributed by atoms with Gasteiger partial charge in [0.2, 0.25) is 10.0 Å². The summed E-state index contributed by atoms with van der Waals surface area (Å²) < 4.78 is 36.1. The molecule has 0 saturated carbocycles. The Kier molecular flexibility index (Phi) is 6.64. The number of hydrogen-bond donors (Lipinski definition) is 1. The quantitative estimate of drug-likeness (QED) is 0.737. The standard InChI is InChI=1S/C14H21NO5S/c1-11(12-6-4-7-13(10-12)19-2)15-21(17,18)9-5-8-14(16)20-3/h4,6-7,10-11,15H,5,8-9H2,1-3H3. The molecule has 0 radical (unpaired) electrons. The maximum atomic E-state index is 11.9. The molecule has 118 valence electrons. The first-order chi connectivity index (χ1) is 9.88. The molecule has 7 heteroatoms. The zero-order chi connectivity index (χ0) is 15.9. The first-order valence-corrected chi connectivity index (χ1v) is 8.24. The van der Waals surface area contributed by atoms with Gasteiger partial charge in [0.1, 0.15) is 5.75 Å². The highest BCUT2D eigenvalue weighted by molar-refractivity contribution is 7.89. The summed E-state index contributed by atoms with van der Waals surface area (Å²) in [7, 11) is -0.617. The molecular formula is C14H21NO5S. The number of nitrogens with one attached hydrogen (secondary N) is 1. The van der Waals surface area contributed by atoms with Gasteiger partial charge in [-0.3, -0.25) is 4.79 Å². The molecule has 1 atom stereocenters. The van der Waals surface area contributed by atoms with E-state index in [4.69, 9.17) is 4.74 Å². The monoisotopic (exact) mass is 315 g/mol. The molecule has 1 rings (SSSR count). The molecule has 1 unspecified atom stereocenters. The average Bonchev–Trinajstić information content (AvgIpc) is 2.46. The van der Waals surface area contributed by atoms with Gasteiger partial charge in [-0.1, -0.05) is 12.1 Å². The zero-order valence-corrected chi connectivity index (χ0v) is 13.3. The van der Waals surface area contributed by atoms with E-state index in [1.165, 1.54) is 7.11 Å². The van der Waals surface area contributed by atoms with Gasteiger partial charge in [0.15, 0.2) is 0 Å². The van der Waals surface area contributed by atoms with Crippen molar-refractivity contribution in [3.63, 3.8) is 0 Å². The van der Waals surface area contributed by atoms with Crippen LogP contribution in [0.4, 0.5) is 0 Å². The van der Waals surface area contributed by atoms with Crippen LogP contribution < -0.4 is 9.46 Å². The maximum Gasteiger partial charge on any atom is 0.305 e. The van der Waals surface area contributed by atoms with E-state index in [-0.39, 0.29) is 24.6 Å². The first kappa shape index (κ1) is 17.5. The summed E-state index contributed by atoms with van der Waals surface area (Å²) in [4.78, 5) is 11.0. The average molecular weight is 315 g/mol. The van der Waals surface area contributed by atoms with E-state index in [9.17, 15) is 13.2 Å². The second-order valence-electron chi connectivity index (χ2n) is 4.61. The van der Waals surface area contributed by atoms with Crippen LogP contribution in [-0.2, 0) is 19.6 Å². The zero-order valence-electron chi connectivity index (χ0n) is 12.5. The van der Waals surface area contributed by atoms with Gasteiger partial charge in [0.05, 0.1) is 20.0 Å². The van der Waals surface area contributed by atoms with Crippen molar-refractivity contribution in [2.24, 2.45) is 0 Å². The molecule has 0 aromatic heterocycles. The summed E-state index contributed by atoms with van der Waals surface area (Å²) in [5.41, 5.74) is 0.811. The van der Waals surface area contributed by atoms with E-state index in [0.29, 0.717) is 5.75 Å². The van der Waals surface area contributed by atoms with Crippen LogP contribution in [0.2, 0.25) is 0 Å². The van der Waals surface area contributed by atoms with Crippen LogP contribution in [-0.4, -0.2) is 34.4 Å². The Morgan fingerprint density at radius 2 is 2.05 bits per heavy atom. The second kappa shape index (κ2) is 7.99. The van der Waals surface area contributed by atoms with Crippen molar-refractivity contribution >= 4 is 16.0 Å². The molecule has 0 heterocycles. The number of rotatable bonds is 8. The summed E-state index contributed by atoms with van der Waals surface area (Å²) in [5.74, 6) is 0.145. The molecule has 1 aromatic carbocycles. The van der Waals surface area contributed by atoms with E-state index in [1.54, 1.807) is 32.2 Å². The third kappa shape index (κ3) is 6.14. The minimum atomic E-state index is -3.45. The fourth-order valence-electron chi connectivity index (χ4n) is 1.82. The van der Waals surface area contributed by atoms with E-state index >= 15 is 0 Å². The van der Waals surface area contributed by atoms with E-state index in [0.717, 1.165) is 5.56 Å². The van der Waals surface area contributed by atoms with Crippen LogP contribution in [0.1, 0.15) is 31.4 Å². The number of benzene rings is 1. The molecule has 21 heavy (non-hydrogen) atoms. The van der Waals surface area contributed by atoms with Crippen molar-refractivity contribution < 1.29 is 22.7 Å². The van der Waals surface area contributed by atoms with Crippen molar-refractivity contribution in [2.75, 3.05) is 20.0 Å². The lowest BCUT2D eigenvalue weighted by Crippen LogP contribution is -2.29. The smallest absolute Gasteiger partial charge is 0.305 e. The predicted molar refractivity (Wildman–Crippen MR) is 79.6 cm³/mol. The number of esters is 1. The lowest BCUT2D eigenvalue weighted by Gasteiger charge is -2.15. The summed E-state index contributed by atoms with van der Waals surface area (Å²) in [6.45, 7) is 1.76. The van der Waals surface area contributed by atoms with E-state index < -0.39 is 16.0 Å². The normalized spacial score (nSPS) is 12.7. The van der Waals surface area contributed by atoms with Crippen molar-refractivity contribution in [1.29, 1.82) is 0 Å². The lowest BCUT2D eigenvalue weighted by atomic mass is 10.1. The Labute approximate surface area is 125 Å². The predicted octanol–water partition coefficient (Wildman–Crippen LogP) is 1.63. The van der Waals surface area contributed by atoms with Crippen molar-refractivity contribution in [3.05, 3.63) is 29.8 Å². The number of sulfonamides is 1. The van der Waals surface area contributed by atoms with Gasteiger partial charge in [-0.2, -0.15) is 0 Å². The molecule has 1 aromatic rings. The van der Waals surface area contributed by atoms with Crippen LogP contribution in [0, 0.1) is 0 Å². The van der Waals surface area contributed by atoms with Gasteiger partial charge in [-0.15, -0.1) is 0 Å². The summed E-state index contributed by atoms with van der Waals surface area (Å²) >= 11 is 0. The first-order valence-electron chi connectivity index (χ1n) is 6.58. The van der Waals surface area contributed by atoms with Gasteiger partial charge in [-0.25, -0.2) is 13.1 Å². The highest BCUT2D eigenvalue weighted by Crippen LogP contribution is 2.19. The van der Waals surface area contributed by atoms with Crippen LogP contribution >= 0.6 is 0 Å². The largest absolute Gasteiger partial charge is 0.497 e. The number of methoxy groups -OCH3 is 2. The van der Waals surface area contributed by atoms with Gasteiger partial charge in [0, 0.05) is 12.5 Å². The Morgan fingerprint density at radius 1 is 1.33 bits per heavy atom. The number of ether oxygens (including phenoxy) is 2. The summed E-state index contributed by atoms with van der Waals surface area (Å²) in [6.07, 6.45) is 0.317. The molecule has 0 fully saturated rings.